The monoisotopic (exact) mass is 516 g/mol. The topological polar surface area (TPSA) is 119 Å². The van der Waals surface area contributed by atoms with Gasteiger partial charge in [0.1, 0.15) is 24.2 Å². The summed E-state index contributed by atoms with van der Waals surface area (Å²) in [7, 11) is 3.23. The Kier molecular flexibility index (Phi) is 11.8. The van der Waals surface area contributed by atoms with Crippen molar-refractivity contribution in [2.75, 3.05) is 52.4 Å². The molecule has 4 N–H and O–H groups in total. The first kappa shape index (κ1) is 28.6. The zero-order chi connectivity index (χ0) is 26.5. The minimum Gasteiger partial charge on any atom is -0.493 e. The highest BCUT2D eigenvalue weighted by Crippen LogP contribution is 2.39. The van der Waals surface area contributed by atoms with Crippen molar-refractivity contribution in [3.63, 3.8) is 0 Å². The molecule has 204 valence electrons. The Bertz CT molecular complexity index is 999. The van der Waals surface area contributed by atoms with Gasteiger partial charge in [0.15, 0.2) is 11.5 Å². The molecule has 0 aliphatic carbocycles. The van der Waals surface area contributed by atoms with Crippen LogP contribution in [0.1, 0.15) is 43.2 Å². The quantitative estimate of drug-likeness (QED) is 0.237. The number of carbonyl (C=O) groups is 1. The highest BCUT2D eigenvalue weighted by molar-refractivity contribution is 5.96. The Hall–Kier alpha value is -3.01. The number of aliphatic hydroxyl groups excluding tert-OH is 2. The number of amides is 1. The van der Waals surface area contributed by atoms with Gasteiger partial charge in [0, 0.05) is 25.1 Å². The fraction of sp³-hybridized carbons (Fsp3) is 0.536. The molecule has 37 heavy (non-hydrogen) atoms. The minimum absolute atomic E-state index is 0.0452. The lowest BCUT2D eigenvalue weighted by Crippen LogP contribution is -2.32. The molecule has 1 heterocycles. The fourth-order valence-corrected chi connectivity index (χ4v) is 4.22. The molecule has 1 amide bonds. The maximum atomic E-state index is 12.0. The average molecular weight is 517 g/mol. The van der Waals surface area contributed by atoms with Crippen molar-refractivity contribution in [2.45, 2.75) is 51.0 Å². The molecule has 2 aromatic carbocycles. The molecule has 9 heteroatoms. The third-order valence-corrected chi connectivity index (χ3v) is 6.26. The first-order chi connectivity index (χ1) is 18.0. The predicted molar refractivity (Wildman–Crippen MR) is 142 cm³/mol. The summed E-state index contributed by atoms with van der Waals surface area (Å²) in [5.74, 6) is 2.63. The molecule has 2 aromatic rings. The first-order valence-corrected chi connectivity index (χ1v) is 13.0. The molecule has 0 saturated carbocycles. The van der Waals surface area contributed by atoms with E-state index in [1.165, 1.54) is 0 Å². The molecule has 0 fully saturated rings. The maximum absolute atomic E-state index is 12.0. The standard InChI is InChI=1S/C28H40N2O7/c1-34-24-9-7-20(17-26(24)35-2)13-14-29-18-21(32)19-37-23-10-11-25(36-16-6-4-3-5-15-31)28-22(23)8-12-27(33)30-28/h7,9-11,17,21,29,31-32H,3-6,8,12-16,18-19H2,1-2H3,(H,30,33). The first-order valence-electron chi connectivity index (χ1n) is 13.0. The van der Waals surface area contributed by atoms with E-state index in [1.807, 2.05) is 24.3 Å². The van der Waals surface area contributed by atoms with Crippen LogP contribution in [-0.2, 0) is 17.6 Å². The summed E-state index contributed by atoms with van der Waals surface area (Å²) in [5, 5.41) is 25.5. The number of aliphatic hydroxyl groups is 2. The van der Waals surface area contributed by atoms with Gasteiger partial charge in [-0.15, -0.1) is 0 Å². The molecule has 0 aromatic heterocycles. The average Bonchev–Trinajstić information content (AvgIpc) is 2.92. The van der Waals surface area contributed by atoms with E-state index in [4.69, 9.17) is 24.1 Å². The van der Waals surface area contributed by atoms with E-state index in [2.05, 4.69) is 10.6 Å². The predicted octanol–water partition coefficient (Wildman–Crippen LogP) is 3.09. The number of anilines is 1. The summed E-state index contributed by atoms with van der Waals surface area (Å²) in [6.07, 6.45) is 4.67. The van der Waals surface area contributed by atoms with Gasteiger partial charge >= 0.3 is 0 Å². The van der Waals surface area contributed by atoms with Crippen molar-refractivity contribution in [1.29, 1.82) is 0 Å². The molecular weight excluding hydrogens is 476 g/mol. The second-order valence-corrected chi connectivity index (χ2v) is 9.06. The van der Waals surface area contributed by atoms with E-state index in [1.54, 1.807) is 20.3 Å². The fourth-order valence-electron chi connectivity index (χ4n) is 4.22. The molecule has 0 saturated heterocycles. The van der Waals surface area contributed by atoms with Gasteiger partial charge in [-0.1, -0.05) is 12.5 Å². The number of methoxy groups -OCH3 is 2. The van der Waals surface area contributed by atoms with Crippen molar-refractivity contribution in [3.05, 3.63) is 41.5 Å². The van der Waals surface area contributed by atoms with E-state index in [0.29, 0.717) is 61.2 Å². The molecule has 0 radical (unpaired) electrons. The number of carbonyl (C=O) groups excluding carboxylic acids is 1. The Labute approximate surface area is 219 Å². The normalized spacial score (nSPS) is 13.5. The maximum Gasteiger partial charge on any atom is 0.224 e. The van der Waals surface area contributed by atoms with Gasteiger partial charge < -0.3 is 39.8 Å². The van der Waals surface area contributed by atoms with E-state index < -0.39 is 6.10 Å². The third-order valence-electron chi connectivity index (χ3n) is 6.26. The van der Waals surface area contributed by atoms with Crippen molar-refractivity contribution >= 4 is 11.6 Å². The summed E-state index contributed by atoms with van der Waals surface area (Å²) in [6, 6.07) is 9.48. The molecule has 1 atom stereocenters. The summed E-state index contributed by atoms with van der Waals surface area (Å²) in [6.45, 7) is 1.98. The van der Waals surface area contributed by atoms with Crippen molar-refractivity contribution in [2.24, 2.45) is 0 Å². The van der Waals surface area contributed by atoms with Gasteiger partial charge in [0.05, 0.1) is 26.5 Å². The number of nitrogens with one attached hydrogen (secondary N) is 2. The van der Waals surface area contributed by atoms with E-state index in [9.17, 15) is 9.90 Å². The SMILES string of the molecule is COc1ccc(CCNCC(O)COc2ccc(OCCCCCCO)c3c2CCC(=O)N3)cc1OC. The van der Waals surface area contributed by atoms with Crippen LogP contribution in [0.5, 0.6) is 23.0 Å². The minimum atomic E-state index is -0.686. The number of benzene rings is 2. The number of hydrogen-bond acceptors (Lipinski definition) is 8. The van der Waals surface area contributed by atoms with Crippen molar-refractivity contribution in [3.8, 4) is 23.0 Å². The second kappa shape index (κ2) is 15.3. The van der Waals surface area contributed by atoms with Gasteiger partial charge in [0.25, 0.3) is 0 Å². The largest absolute Gasteiger partial charge is 0.493 e. The van der Waals surface area contributed by atoms with Gasteiger partial charge in [0.2, 0.25) is 5.91 Å². The van der Waals surface area contributed by atoms with Gasteiger partial charge in [-0.2, -0.15) is 0 Å². The lowest BCUT2D eigenvalue weighted by atomic mass is 10.0. The number of ether oxygens (including phenoxy) is 4. The van der Waals surface area contributed by atoms with Crippen LogP contribution in [-0.4, -0.2) is 69.4 Å². The Balaban J connectivity index is 1.46. The van der Waals surface area contributed by atoms with Crippen LogP contribution in [0.3, 0.4) is 0 Å². The smallest absolute Gasteiger partial charge is 0.224 e. The van der Waals surface area contributed by atoms with Crippen LogP contribution in [0.4, 0.5) is 5.69 Å². The number of unbranched alkanes of at least 4 members (excludes halogenated alkanes) is 3. The lowest BCUT2D eigenvalue weighted by Gasteiger charge is -2.24. The van der Waals surface area contributed by atoms with Crippen LogP contribution in [0.25, 0.3) is 0 Å². The summed E-state index contributed by atoms with van der Waals surface area (Å²) in [5.41, 5.74) is 2.66. The lowest BCUT2D eigenvalue weighted by molar-refractivity contribution is -0.116. The van der Waals surface area contributed by atoms with E-state index >= 15 is 0 Å². The van der Waals surface area contributed by atoms with E-state index in [0.717, 1.165) is 43.2 Å². The zero-order valence-corrected chi connectivity index (χ0v) is 21.9. The van der Waals surface area contributed by atoms with Gasteiger partial charge in [-0.05, 0) is 68.5 Å². The van der Waals surface area contributed by atoms with Crippen molar-refractivity contribution in [1.82, 2.24) is 5.32 Å². The molecular formula is C28H40N2O7. The third kappa shape index (κ3) is 8.80. The van der Waals surface area contributed by atoms with E-state index in [-0.39, 0.29) is 19.1 Å². The number of fused-ring (bicyclic) bond motifs is 1. The molecule has 1 aliphatic heterocycles. The summed E-state index contributed by atoms with van der Waals surface area (Å²) < 4.78 is 22.5. The highest BCUT2D eigenvalue weighted by atomic mass is 16.5. The van der Waals surface area contributed by atoms with Crippen LogP contribution >= 0.6 is 0 Å². The second-order valence-electron chi connectivity index (χ2n) is 9.06. The van der Waals surface area contributed by atoms with Gasteiger partial charge in [-0.3, -0.25) is 4.79 Å². The molecule has 0 spiro atoms. The van der Waals surface area contributed by atoms with Crippen LogP contribution in [0.2, 0.25) is 0 Å². The summed E-state index contributed by atoms with van der Waals surface area (Å²) >= 11 is 0. The Morgan fingerprint density at radius 1 is 0.946 bits per heavy atom. The highest BCUT2D eigenvalue weighted by Gasteiger charge is 2.23. The molecule has 1 unspecified atom stereocenters. The molecule has 0 bridgehead atoms. The Morgan fingerprint density at radius 2 is 1.70 bits per heavy atom. The van der Waals surface area contributed by atoms with Crippen LogP contribution in [0.15, 0.2) is 30.3 Å². The molecule has 1 aliphatic rings. The molecule has 9 nitrogen and oxygen atoms in total. The number of rotatable bonds is 17. The van der Waals surface area contributed by atoms with Crippen molar-refractivity contribution < 1.29 is 34.0 Å². The number of hydrogen-bond donors (Lipinski definition) is 4. The zero-order valence-electron chi connectivity index (χ0n) is 21.9. The van der Waals surface area contributed by atoms with Crippen LogP contribution < -0.4 is 29.6 Å². The van der Waals surface area contributed by atoms with Gasteiger partial charge in [-0.25, -0.2) is 0 Å². The molecule has 3 rings (SSSR count). The van der Waals surface area contributed by atoms with Crippen LogP contribution in [0, 0.1) is 0 Å². The Morgan fingerprint density at radius 3 is 2.49 bits per heavy atom. The summed E-state index contributed by atoms with van der Waals surface area (Å²) in [4.78, 5) is 12.0.